The molecule has 4 heteroatoms. The maximum Gasteiger partial charge on any atom is 0.135 e. The summed E-state index contributed by atoms with van der Waals surface area (Å²) in [5, 5.41) is 0. The van der Waals surface area contributed by atoms with Crippen molar-refractivity contribution in [3.63, 3.8) is 0 Å². The minimum atomic E-state index is 0.267. The Balaban J connectivity index is 2.85. The number of carbonyl (C=O) groups excluding carboxylic acids is 1. The third kappa shape index (κ3) is 9.55. The van der Waals surface area contributed by atoms with E-state index in [-0.39, 0.29) is 6.10 Å². The topological polar surface area (TPSA) is 50.4 Å². The number of hydrogen-bond acceptors (Lipinski definition) is 4. The van der Waals surface area contributed by atoms with Gasteiger partial charge in [-0.2, -0.15) is 0 Å². The lowest BCUT2D eigenvalue weighted by molar-refractivity contribution is -0.107. The molecule has 0 aromatic carbocycles. The molecule has 0 atom stereocenters. The van der Waals surface area contributed by atoms with Gasteiger partial charge in [0.1, 0.15) is 6.29 Å². The Bertz CT molecular complexity index is 96.4. The SMILES string of the molecule is CC(C)OCCNNCC=O. The average Bonchev–Trinajstić information content (AvgIpc) is 1.96. The first-order valence-corrected chi connectivity index (χ1v) is 3.78. The fourth-order valence-corrected chi connectivity index (χ4v) is 0.548. The zero-order valence-electron chi connectivity index (χ0n) is 7.09. The Labute approximate surface area is 67.3 Å². The van der Waals surface area contributed by atoms with Crippen molar-refractivity contribution in [3.8, 4) is 0 Å². The largest absolute Gasteiger partial charge is 0.377 e. The van der Waals surface area contributed by atoms with E-state index in [0.29, 0.717) is 19.7 Å². The minimum absolute atomic E-state index is 0.267. The number of rotatable bonds is 7. The summed E-state index contributed by atoms with van der Waals surface area (Å²) in [5.41, 5.74) is 5.55. The van der Waals surface area contributed by atoms with Crippen LogP contribution in [0.5, 0.6) is 0 Å². The zero-order valence-corrected chi connectivity index (χ0v) is 7.09. The zero-order chi connectivity index (χ0) is 8.53. The number of ether oxygens (including phenoxy) is 1. The van der Waals surface area contributed by atoms with Crippen LogP contribution in [-0.4, -0.2) is 32.1 Å². The van der Waals surface area contributed by atoms with Crippen LogP contribution in [0.1, 0.15) is 13.8 Å². The van der Waals surface area contributed by atoms with Gasteiger partial charge in [-0.05, 0) is 13.8 Å². The molecule has 0 heterocycles. The van der Waals surface area contributed by atoms with E-state index >= 15 is 0 Å². The third-order valence-corrected chi connectivity index (χ3v) is 0.989. The smallest absolute Gasteiger partial charge is 0.135 e. The van der Waals surface area contributed by atoms with Gasteiger partial charge in [0.25, 0.3) is 0 Å². The van der Waals surface area contributed by atoms with Crippen LogP contribution >= 0.6 is 0 Å². The van der Waals surface area contributed by atoms with Crippen LogP contribution in [0, 0.1) is 0 Å². The number of hydrogen-bond donors (Lipinski definition) is 2. The second-order valence-electron chi connectivity index (χ2n) is 2.39. The summed E-state index contributed by atoms with van der Waals surface area (Å²) in [7, 11) is 0. The van der Waals surface area contributed by atoms with E-state index in [1.54, 1.807) is 0 Å². The highest BCUT2D eigenvalue weighted by Crippen LogP contribution is 1.83. The molecule has 66 valence electrons. The quantitative estimate of drug-likeness (QED) is 0.305. The van der Waals surface area contributed by atoms with Crippen molar-refractivity contribution >= 4 is 6.29 Å². The highest BCUT2D eigenvalue weighted by Gasteiger charge is 1.90. The van der Waals surface area contributed by atoms with Crippen LogP contribution < -0.4 is 10.9 Å². The van der Waals surface area contributed by atoms with Gasteiger partial charge in [-0.1, -0.05) is 0 Å². The number of hydrazine groups is 1. The fraction of sp³-hybridized carbons (Fsp3) is 0.857. The lowest BCUT2D eigenvalue weighted by Crippen LogP contribution is -2.36. The Hall–Kier alpha value is -0.450. The molecule has 0 fully saturated rings. The molecule has 0 amide bonds. The summed E-state index contributed by atoms with van der Waals surface area (Å²) in [6.07, 6.45) is 1.07. The molecule has 0 saturated carbocycles. The molecule has 0 radical (unpaired) electrons. The van der Waals surface area contributed by atoms with Gasteiger partial charge < -0.3 is 9.53 Å². The molecule has 0 spiro atoms. The van der Waals surface area contributed by atoms with Gasteiger partial charge in [0.15, 0.2) is 0 Å². The summed E-state index contributed by atoms with van der Waals surface area (Å²) in [6, 6.07) is 0. The van der Waals surface area contributed by atoms with Gasteiger partial charge in [-0.25, -0.2) is 0 Å². The number of nitrogens with one attached hydrogen (secondary N) is 2. The van der Waals surface area contributed by atoms with Crippen molar-refractivity contribution in [2.75, 3.05) is 19.7 Å². The molecule has 0 saturated heterocycles. The summed E-state index contributed by atoms with van der Waals surface area (Å²) >= 11 is 0. The van der Waals surface area contributed by atoms with E-state index in [4.69, 9.17) is 4.74 Å². The highest BCUT2D eigenvalue weighted by molar-refractivity contribution is 5.51. The van der Waals surface area contributed by atoms with Crippen molar-refractivity contribution in [1.29, 1.82) is 0 Å². The molecule has 0 bridgehead atoms. The van der Waals surface area contributed by atoms with E-state index in [0.717, 1.165) is 6.29 Å². The van der Waals surface area contributed by atoms with Crippen LogP contribution in [0.2, 0.25) is 0 Å². The van der Waals surface area contributed by atoms with Crippen LogP contribution in [-0.2, 0) is 9.53 Å². The van der Waals surface area contributed by atoms with Gasteiger partial charge in [-0.3, -0.25) is 10.9 Å². The van der Waals surface area contributed by atoms with Crippen molar-refractivity contribution in [1.82, 2.24) is 10.9 Å². The lowest BCUT2D eigenvalue weighted by atomic mass is 10.5. The summed E-state index contributed by atoms with van der Waals surface area (Å²) in [5.74, 6) is 0. The van der Waals surface area contributed by atoms with Gasteiger partial charge in [0.05, 0.1) is 19.3 Å². The molecule has 2 N–H and O–H groups in total. The molecule has 0 unspecified atom stereocenters. The molecule has 0 aromatic heterocycles. The van der Waals surface area contributed by atoms with E-state index in [1.165, 1.54) is 0 Å². The highest BCUT2D eigenvalue weighted by atomic mass is 16.5. The van der Waals surface area contributed by atoms with E-state index in [9.17, 15) is 4.79 Å². The molecular formula is C7H16N2O2. The first kappa shape index (κ1) is 10.6. The van der Waals surface area contributed by atoms with Crippen molar-refractivity contribution in [2.45, 2.75) is 20.0 Å². The van der Waals surface area contributed by atoms with E-state index in [1.807, 2.05) is 13.8 Å². The van der Waals surface area contributed by atoms with Crippen LogP contribution in [0.3, 0.4) is 0 Å². The first-order valence-electron chi connectivity index (χ1n) is 3.78. The second kappa shape index (κ2) is 7.65. The van der Waals surface area contributed by atoms with Crippen molar-refractivity contribution in [3.05, 3.63) is 0 Å². The Morgan fingerprint density at radius 1 is 1.45 bits per heavy atom. The molecule has 0 aliphatic carbocycles. The Morgan fingerprint density at radius 2 is 2.18 bits per heavy atom. The summed E-state index contributed by atoms with van der Waals surface area (Å²) in [6.45, 7) is 5.68. The average molecular weight is 160 g/mol. The molecule has 4 nitrogen and oxygen atoms in total. The van der Waals surface area contributed by atoms with Crippen molar-refractivity contribution < 1.29 is 9.53 Å². The molecule has 0 aromatic rings. The van der Waals surface area contributed by atoms with E-state index < -0.39 is 0 Å². The van der Waals surface area contributed by atoms with E-state index in [2.05, 4.69) is 10.9 Å². The monoisotopic (exact) mass is 160 g/mol. The summed E-state index contributed by atoms with van der Waals surface area (Å²) in [4.78, 5) is 9.81. The Kier molecular flexibility index (Phi) is 7.34. The third-order valence-electron chi connectivity index (χ3n) is 0.989. The van der Waals surface area contributed by atoms with Crippen LogP contribution in [0.15, 0.2) is 0 Å². The van der Waals surface area contributed by atoms with Crippen LogP contribution in [0.25, 0.3) is 0 Å². The fourth-order valence-electron chi connectivity index (χ4n) is 0.548. The maximum atomic E-state index is 9.81. The maximum absolute atomic E-state index is 9.81. The molecule has 0 rings (SSSR count). The Morgan fingerprint density at radius 3 is 2.73 bits per heavy atom. The van der Waals surface area contributed by atoms with Gasteiger partial charge in [0.2, 0.25) is 0 Å². The van der Waals surface area contributed by atoms with Crippen LogP contribution in [0.4, 0.5) is 0 Å². The molecular weight excluding hydrogens is 144 g/mol. The number of carbonyl (C=O) groups is 1. The lowest BCUT2D eigenvalue weighted by Gasteiger charge is -2.07. The predicted molar refractivity (Wildman–Crippen MR) is 43.2 cm³/mol. The molecule has 0 aliphatic heterocycles. The predicted octanol–water partition coefficient (Wildman–Crippen LogP) is -0.296. The second-order valence-corrected chi connectivity index (χ2v) is 2.39. The standard InChI is InChI=1S/C7H16N2O2/c1-7(2)11-6-4-9-8-3-5-10/h5,7-9H,3-4,6H2,1-2H3. The van der Waals surface area contributed by atoms with Gasteiger partial charge in [-0.15, -0.1) is 0 Å². The molecule has 11 heavy (non-hydrogen) atoms. The minimum Gasteiger partial charge on any atom is -0.377 e. The number of aldehydes is 1. The normalized spacial score (nSPS) is 10.5. The first-order chi connectivity index (χ1) is 5.27. The van der Waals surface area contributed by atoms with Crippen molar-refractivity contribution in [2.24, 2.45) is 0 Å². The summed E-state index contributed by atoms with van der Waals surface area (Å²) < 4.78 is 5.23. The van der Waals surface area contributed by atoms with Gasteiger partial charge >= 0.3 is 0 Å². The molecule has 0 aliphatic rings. The van der Waals surface area contributed by atoms with Gasteiger partial charge in [0, 0.05) is 6.54 Å².